The third-order valence-corrected chi connectivity index (χ3v) is 4.81. The number of pyridine rings is 1. The van der Waals surface area contributed by atoms with Gasteiger partial charge in [0.05, 0.1) is 29.1 Å². The number of fused-ring (bicyclic) bond motifs is 1. The van der Waals surface area contributed by atoms with Gasteiger partial charge < -0.3 is 9.47 Å². The Balaban J connectivity index is 1.87. The molecule has 3 aromatic rings. The van der Waals surface area contributed by atoms with E-state index in [0.717, 1.165) is 17.8 Å². The zero-order chi connectivity index (χ0) is 22.8. The zero-order valence-corrected chi connectivity index (χ0v) is 17.8. The van der Waals surface area contributed by atoms with Gasteiger partial charge in [0.25, 0.3) is 0 Å². The first-order valence-electron chi connectivity index (χ1n) is 9.36. The Labute approximate surface area is 182 Å². The van der Waals surface area contributed by atoms with Gasteiger partial charge in [-0.15, -0.1) is 0 Å². The normalized spacial score (nSPS) is 12.1. The Kier molecular flexibility index (Phi) is 6.59. The van der Waals surface area contributed by atoms with Crippen LogP contribution in [0.4, 0.5) is 13.2 Å². The van der Waals surface area contributed by atoms with Gasteiger partial charge in [0.1, 0.15) is 12.4 Å². The Bertz CT molecular complexity index is 1140. The number of ether oxygens (including phenoxy) is 2. The quantitative estimate of drug-likeness (QED) is 0.345. The van der Waals surface area contributed by atoms with Crippen molar-refractivity contribution in [1.29, 1.82) is 0 Å². The summed E-state index contributed by atoms with van der Waals surface area (Å²) >= 11 is 6.05. The van der Waals surface area contributed by atoms with Gasteiger partial charge in [-0.25, -0.2) is 9.78 Å². The number of aromatic nitrogens is 2. The zero-order valence-electron chi connectivity index (χ0n) is 17.0. The molecule has 0 bridgehead atoms. The van der Waals surface area contributed by atoms with Crippen LogP contribution in [0.2, 0.25) is 5.02 Å². The molecule has 0 aliphatic rings. The summed E-state index contributed by atoms with van der Waals surface area (Å²) < 4.78 is 51.3. The standard InChI is InChI=1S/C22H20ClF3N2O3/c1-13(2)20-18(28-11-15(22(24,25)26)10-17(23)21(28)27-20)12-31-19(29)8-7-14-5-4-6-16(9-14)30-3/h4-11,13H,12H2,1-3H3/b8-7+. The number of methoxy groups -OCH3 is 1. The molecule has 0 fully saturated rings. The highest BCUT2D eigenvalue weighted by Crippen LogP contribution is 2.34. The van der Waals surface area contributed by atoms with E-state index >= 15 is 0 Å². The third-order valence-electron chi connectivity index (χ3n) is 4.54. The Hall–Kier alpha value is -3.00. The summed E-state index contributed by atoms with van der Waals surface area (Å²) in [5.41, 5.74) is 0.835. The second-order valence-electron chi connectivity index (χ2n) is 7.08. The van der Waals surface area contributed by atoms with Crippen molar-refractivity contribution < 1.29 is 27.4 Å². The molecule has 0 saturated carbocycles. The number of rotatable bonds is 6. The fraction of sp³-hybridized carbons (Fsp3) is 0.273. The van der Waals surface area contributed by atoms with Gasteiger partial charge in [0, 0.05) is 12.3 Å². The van der Waals surface area contributed by atoms with Crippen molar-refractivity contribution in [2.24, 2.45) is 0 Å². The number of carbonyl (C=O) groups is 1. The van der Waals surface area contributed by atoms with Gasteiger partial charge in [0.2, 0.25) is 0 Å². The van der Waals surface area contributed by atoms with Crippen LogP contribution in [-0.2, 0) is 22.3 Å². The average molecular weight is 453 g/mol. The summed E-state index contributed by atoms with van der Waals surface area (Å²) in [5, 5.41) is -0.132. The third kappa shape index (κ3) is 5.19. The first kappa shape index (κ1) is 22.7. The molecule has 2 aromatic heterocycles. The minimum atomic E-state index is -4.58. The van der Waals surface area contributed by atoms with Crippen molar-refractivity contribution >= 4 is 29.3 Å². The van der Waals surface area contributed by atoms with Gasteiger partial charge in [0.15, 0.2) is 5.65 Å². The van der Waals surface area contributed by atoms with Crippen LogP contribution in [0.1, 0.15) is 42.3 Å². The van der Waals surface area contributed by atoms with Crippen molar-refractivity contribution in [3.63, 3.8) is 0 Å². The lowest BCUT2D eigenvalue weighted by Crippen LogP contribution is -2.09. The van der Waals surface area contributed by atoms with E-state index in [0.29, 0.717) is 17.1 Å². The van der Waals surface area contributed by atoms with Crippen molar-refractivity contribution in [3.05, 3.63) is 70.1 Å². The lowest BCUT2D eigenvalue weighted by atomic mass is 10.1. The second kappa shape index (κ2) is 9.01. The van der Waals surface area contributed by atoms with Gasteiger partial charge in [-0.2, -0.15) is 13.2 Å². The van der Waals surface area contributed by atoms with Crippen LogP contribution in [0.15, 0.2) is 42.6 Å². The molecule has 2 heterocycles. The van der Waals surface area contributed by atoms with E-state index < -0.39 is 17.7 Å². The summed E-state index contributed by atoms with van der Waals surface area (Å²) in [6, 6.07) is 7.91. The molecular formula is C22H20ClF3N2O3. The summed E-state index contributed by atoms with van der Waals surface area (Å²) in [4.78, 5) is 16.6. The maximum absolute atomic E-state index is 13.2. The highest BCUT2D eigenvalue weighted by molar-refractivity contribution is 6.33. The number of carbonyl (C=O) groups excluding carboxylic acids is 1. The molecule has 0 unspecified atom stereocenters. The van der Waals surface area contributed by atoms with Crippen LogP contribution < -0.4 is 4.74 Å². The summed E-state index contributed by atoms with van der Waals surface area (Å²) in [7, 11) is 1.54. The molecule has 0 atom stereocenters. The van der Waals surface area contributed by atoms with E-state index in [1.807, 2.05) is 13.8 Å². The predicted molar refractivity (Wildman–Crippen MR) is 111 cm³/mol. The number of imidazole rings is 1. The largest absolute Gasteiger partial charge is 0.497 e. The Morgan fingerprint density at radius 3 is 2.68 bits per heavy atom. The van der Waals surface area contributed by atoms with Gasteiger partial charge >= 0.3 is 12.1 Å². The lowest BCUT2D eigenvalue weighted by molar-refractivity contribution is -0.139. The first-order chi connectivity index (χ1) is 14.6. The molecule has 1 aromatic carbocycles. The average Bonchev–Trinajstić information content (AvgIpc) is 3.09. The fourth-order valence-electron chi connectivity index (χ4n) is 3.03. The highest BCUT2D eigenvalue weighted by Gasteiger charge is 2.32. The van der Waals surface area contributed by atoms with Crippen molar-refractivity contribution in [2.75, 3.05) is 7.11 Å². The minimum Gasteiger partial charge on any atom is -0.497 e. The van der Waals surface area contributed by atoms with Gasteiger partial charge in [-0.3, -0.25) is 4.40 Å². The molecule has 0 aliphatic heterocycles. The number of esters is 1. The summed E-state index contributed by atoms with van der Waals surface area (Å²) in [5.74, 6) is -0.128. The van der Waals surface area contributed by atoms with E-state index in [2.05, 4.69) is 4.98 Å². The monoisotopic (exact) mass is 452 g/mol. The van der Waals surface area contributed by atoms with Gasteiger partial charge in [-0.05, 0) is 35.8 Å². The topological polar surface area (TPSA) is 52.8 Å². The molecule has 0 amide bonds. The van der Waals surface area contributed by atoms with Gasteiger partial charge in [-0.1, -0.05) is 37.6 Å². The number of nitrogens with zero attached hydrogens (tertiary/aromatic N) is 2. The molecule has 164 valence electrons. The van der Waals surface area contributed by atoms with Crippen LogP contribution in [0.25, 0.3) is 11.7 Å². The van der Waals surface area contributed by atoms with E-state index in [9.17, 15) is 18.0 Å². The number of halogens is 4. The molecule has 5 nitrogen and oxygen atoms in total. The molecular weight excluding hydrogens is 433 g/mol. The highest BCUT2D eigenvalue weighted by atomic mass is 35.5. The summed E-state index contributed by atoms with van der Waals surface area (Å²) in [6.45, 7) is 3.43. The smallest absolute Gasteiger partial charge is 0.417 e. The molecule has 0 radical (unpaired) electrons. The molecule has 31 heavy (non-hydrogen) atoms. The number of benzene rings is 1. The van der Waals surface area contributed by atoms with Crippen molar-refractivity contribution in [1.82, 2.24) is 9.38 Å². The second-order valence-corrected chi connectivity index (χ2v) is 7.49. The molecule has 0 aliphatic carbocycles. The number of hydrogen-bond acceptors (Lipinski definition) is 4. The minimum absolute atomic E-state index is 0.119. The van der Waals surface area contributed by atoms with Crippen LogP contribution in [0, 0.1) is 0 Å². The fourth-order valence-corrected chi connectivity index (χ4v) is 3.28. The van der Waals surface area contributed by atoms with Crippen LogP contribution in [-0.4, -0.2) is 22.5 Å². The van der Waals surface area contributed by atoms with E-state index in [4.69, 9.17) is 21.1 Å². The summed E-state index contributed by atoms with van der Waals surface area (Å²) in [6.07, 6.45) is -0.870. The lowest BCUT2D eigenvalue weighted by Gasteiger charge is -2.11. The predicted octanol–water partition coefficient (Wildman–Crippen LogP) is 5.90. The maximum atomic E-state index is 13.2. The molecule has 9 heteroatoms. The van der Waals surface area contributed by atoms with Crippen molar-refractivity contribution in [2.45, 2.75) is 32.5 Å². The van der Waals surface area contributed by atoms with E-state index in [-0.39, 0.29) is 23.2 Å². The Morgan fingerprint density at radius 2 is 2.03 bits per heavy atom. The van der Waals surface area contributed by atoms with Crippen LogP contribution >= 0.6 is 11.6 Å². The van der Waals surface area contributed by atoms with E-state index in [1.54, 1.807) is 30.3 Å². The molecule has 0 saturated heterocycles. The van der Waals surface area contributed by atoms with Crippen LogP contribution in [0.5, 0.6) is 5.75 Å². The number of hydrogen-bond donors (Lipinski definition) is 0. The SMILES string of the molecule is COc1cccc(/C=C/C(=O)OCc2c(C(C)C)nc3c(Cl)cc(C(F)(F)F)cn23)c1. The van der Waals surface area contributed by atoms with E-state index in [1.165, 1.54) is 17.6 Å². The number of alkyl halides is 3. The van der Waals surface area contributed by atoms with Crippen molar-refractivity contribution in [3.8, 4) is 5.75 Å². The molecule has 0 spiro atoms. The first-order valence-corrected chi connectivity index (χ1v) is 9.74. The molecule has 3 rings (SSSR count). The Morgan fingerprint density at radius 1 is 1.29 bits per heavy atom. The maximum Gasteiger partial charge on any atom is 0.417 e. The molecule has 0 N–H and O–H groups in total. The van der Waals surface area contributed by atoms with Crippen LogP contribution in [0.3, 0.4) is 0 Å².